The van der Waals surface area contributed by atoms with Crippen LogP contribution in [0.1, 0.15) is 0 Å². The summed E-state index contributed by atoms with van der Waals surface area (Å²) in [5.41, 5.74) is 5.23. The number of fused-ring (bicyclic) bond motifs is 1. The molecule has 1 unspecified atom stereocenters. The number of likely N-dealkylation sites (N-methyl/N-ethyl adjacent to an activating group) is 2. The van der Waals surface area contributed by atoms with Crippen molar-refractivity contribution in [3.05, 3.63) is 67.5 Å². The third kappa shape index (κ3) is 5.27. The van der Waals surface area contributed by atoms with E-state index in [1.54, 1.807) is 13.3 Å². The summed E-state index contributed by atoms with van der Waals surface area (Å²) >= 11 is 0. The second kappa shape index (κ2) is 11.1. The quantitative estimate of drug-likeness (QED) is 0.186. The van der Waals surface area contributed by atoms with Gasteiger partial charge in [0.2, 0.25) is 5.95 Å². The second-order valence-electron chi connectivity index (χ2n) is 8.48. The first-order valence-corrected chi connectivity index (χ1v) is 11.7. The minimum absolute atomic E-state index is 0.435. The molecule has 0 radical (unpaired) electrons. The van der Waals surface area contributed by atoms with Crippen molar-refractivity contribution in [1.82, 2.24) is 19.9 Å². The Labute approximate surface area is 211 Å². The van der Waals surface area contributed by atoms with Crippen molar-refractivity contribution in [2.45, 2.75) is 6.23 Å². The van der Waals surface area contributed by atoms with Crippen LogP contribution in [0.3, 0.4) is 0 Å². The Morgan fingerprint density at radius 2 is 2.03 bits per heavy atom. The van der Waals surface area contributed by atoms with Gasteiger partial charge in [-0.3, -0.25) is 0 Å². The maximum absolute atomic E-state index is 10.2. The standard InChI is InChI=1S/C27H33N7O2/c1-6-26(35)30-21-15-22(25(36-5)16-24(21)33(3)14-13-28-2)32-27-29-12-11-20(31-27)19-17-34(4)23-10-8-7-9-18(19)23/h6-12,15-17,26,28,30,35H,1,13-14H2,2-5H3,(H,29,31,32). The molecule has 4 aromatic rings. The summed E-state index contributed by atoms with van der Waals surface area (Å²) in [6.45, 7) is 5.24. The first kappa shape index (κ1) is 25.0. The van der Waals surface area contributed by atoms with Crippen LogP contribution in [0.4, 0.5) is 23.0 Å². The highest BCUT2D eigenvalue weighted by molar-refractivity contribution is 5.95. The van der Waals surface area contributed by atoms with Crippen molar-refractivity contribution in [3.63, 3.8) is 0 Å². The zero-order valence-electron chi connectivity index (χ0n) is 21.1. The average molecular weight is 488 g/mol. The van der Waals surface area contributed by atoms with Crippen LogP contribution in [0, 0.1) is 0 Å². The maximum atomic E-state index is 10.2. The van der Waals surface area contributed by atoms with Crippen molar-refractivity contribution in [2.24, 2.45) is 7.05 Å². The van der Waals surface area contributed by atoms with E-state index >= 15 is 0 Å². The van der Waals surface area contributed by atoms with Crippen LogP contribution in [-0.4, -0.2) is 60.2 Å². The highest BCUT2D eigenvalue weighted by atomic mass is 16.5. The lowest BCUT2D eigenvalue weighted by Gasteiger charge is -2.26. The molecule has 0 bridgehead atoms. The fourth-order valence-corrected chi connectivity index (χ4v) is 4.12. The Balaban J connectivity index is 1.71. The summed E-state index contributed by atoms with van der Waals surface area (Å²) in [5.74, 6) is 1.06. The Morgan fingerprint density at radius 1 is 1.22 bits per heavy atom. The fourth-order valence-electron chi connectivity index (χ4n) is 4.12. The van der Waals surface area contributed by atoms with E-state index in [1.165, 1.54) is 6.08 Å². The Bertz CT molecular complexity index is 1350. The largest absolute Gasteiger partial charge is 0.494 e. The normalized spacial score (nSPS) is 11.8. The number of anilines is 4. The van der Waals surface area contributed by atoms with Crippen LogP contribution >= 0.6 is 0 Å². The Kier molecular flexibility index (Phi) is 7.72. The van der Waals surface area contributed by atoms with Crippen molar-refractivity contribution in [2.75, 3.05) is 49.8 Å². The average Bonchev–Trinajstić information content (AvgIpc) is 3.24. The number of ether oxygens (including phenoxy) is 1. The van der Waals surface area contributed by atoms with Gasteiger partial charge in [0.15, 0.2) is 0 Å². The van der Waals surface area contributed by atoms with Crippen LogP contribution in [0.15, 0.2) is 67.5 Å². The molecule has 1 atom stereocenters. The molecular weight excluding hydrogens is 454 g/mol. The van der Waals surface area contributed by atoms with E-state index in [-0.39, 0.29) is 0 Å². The number of methoxy groups -OCH3 is 1. The zero-order chi connectivity index (χ0) is 25.7. The van der Waals surface area contributed by atoms with Gasteiger partial charge in [-0.1, -0.05) is 24.8 Å². The van der Waals surface area contributed by atoms with Gasteiger partial charge in [-0.15, -0.1) is 0 Å². The van der Waals surface area contributed by atoms with Crippen molar-refractivity contribution >= 4 is 33.9 Å². The number of nitrogens with zero attached hydrogens (tertiary/aromatic N) is 4. The molecule has 188 valence electrons. The molecule has 9 heteroatoms. The number of hydrogen-bond acceptors (Lipinski definition) is 8. The molecule has 0 spiro atoms. The van der Waals surface area contributed by atoms with E-state index in [9.17, 15) is 5.11 Å². The highest BCUT2D eigenvalue weighted by Crippen LogP contribution is 2.38. The molecule has 0 amide bonds. The molecule has 2 heterocycles. The van der Waals surface area contributed by atoms with Crippen LogP contribution < -0.4 is 25.6 Å². The van der Waals surface area contributed by atoms with Gasteiger partial charge in [0.1, 0.15) is 12.0 Å². The number of nitrogens with one attached hydrogen (secondary N) is 3. The fraction of sp³-hybridized carbons (Fsp3) is 0.259. The van der Waals surface area contributed by atoms with Gasteiger partial charge >= 0.3 is 0 Å². The van der Waals surface area contributed by atoms with Gasteiger partial charge < -0.3 is 35.3 Å². The number of rotatable bonds is 11. The first-order chi connectivity index (χ1) is 17.4. The van der Waals surface area contributed by atoms with E-state index in [0.717, 1.165) is 46.6 Å². The van der Waals surface area contributed by atoms with Crippen LogP contribution in [0.5, 0.6) is 5.75 Å². The zero-order valence-corrected chi connectivity index (χ0v) is 21.1. The molecule has 0 fully saturated rings. The van der Waals surface area contributed by atoms with Gasteiger partial charge in [-0.2, -0.15) is 0 Å². The van der Waals surface area contributed by atoms with Gasteiger partial charge in [0.25, 0.3) is 0 Å². The number of hydrogen-bond donors (Lipinski definition) is 4. The maximum Gasteiger partial charge on any atom is 0.227 e. The lowest BCUT2D eigenvalue weighted by Crippen LogP contribution is -2.28. The smallest absolute Gasteiger partial charge is 0.227 e. The van der Waals surface area contributed by atoms with E-state index in [2.05, 4.69) is 55.3 Å². The van der Waals surface area contributed by atoms with Gasteiger partial charge in [-0.25, -0.2) is 9.97 Å². The van der Waals surface area contributed by atoms with Crippen LogP contribution in [0.25, 0.3) is 22.2 Å². The molecule has 0 aliphatic carbocycles. The number of para-hydroxylation sites is 1. The second-order valence-corrected chi connectivity index (χ2v) is 8.48. The summed E-state index contributed by atoms with van der Waals surface area (Å²) < 4.78 is 7.79. The van der Waals surface area contributed by atoms with Gasteiger partial charge in [0.05, 0.1) is 29.9 Å². The Morgan fingerprint density at radius 3 is 2.78 bits per heavy atom. The molecule has 0 aliphatic heterocycles. The van der Waals surface area contributed by atoms with Crippen LogP contribution in [-0.2, 0) is 7.05 Å². The first-order valence-electron chi connectivity index (χ1n) is 11.7. The topological polar surface area (TPSA) is 99.5 Å². The summed E-state index contributed by atoms with van der Waals surface area (Å²) in [4.78, 5) is 11.3. The summed E-state index contributed by atoms with van der Waals surface area (Å²) in [6, 6.07) is 13.9. The molecule has 0 saturated carbocycles. The summed E-state index contributed by atoms with van der Waals surface area (Å²) in [6.07, 6.45) is 4.34. The third-order valence-electron chi connectivity index (χ3n) is 6.03. The van der Waals surface area contributed by atoms with Gasteiger partial charge in [0, 0.05) is 62.1 Å². The van der Waals surface area contributed by atoms with Crippen LogP contribution in [0.2, 0.25) is 0 Å². The molecule has 0 aliphatic rings. The van der Waals surface area contributed by atoms with Crippen molar-refractivity contribution in [1.29, 1.82) is 0 Å². The lowest BCUT2D eigenvalue weighted by atomic mass is 10.1. The number of aromatic nitrogens is 3. The lowest BCUT2D eigenvalue weighted by molar-refractivity contribution is 0.253. The van der Waals surface area contributed by atoms with E-state index in [1.807, 2.05) is 51.5 Å². The minimum Gasteiger partial charge on any atom is -0.494 e. The number of aliphatic hydroxyl groups is 1. The molecule has 9 nitrogen and oxygen atoms in total. The number of aliphatic hydroxyl groups excluding tert-OH is 1. The van der Waals surface area contributed by atoms with E-state index < -0.39 is 6.23 Å². The third-order valence-corrected chi connectivity index (χ3v) is 6.03. The molecule has 2 aromatic carbocycles. The van der Waals surface area contributed by atoms with Crippen molar-refractivity contribution in [3.8, 4) is 17.0 Å². The number of aryl methyl sites for hydroxylation is 1. The minimum atomic E-state index is -0.909. The molecule has 2 aromatic heterocycles. The molecule has 36 heavy (non-hydrogen) atoms. The highest BCUT2D eigenvalue weighted by Gasteiger charge is 2.17. The SMILES string of the molecule is C=CC(O)Nc1cc(Nc2nccc(-c3cn(C)c4ccccc34)n2)c(OC)cc1N(C)CCNC. The monoisotopic (exact) mass is 487 g/mol. The summed E-state index contributed by atoms with van der Waals surface area (Å²) in [5, 5.41) is 20.9. The van der Waals surface area contributed by atoms with Crippen molar-refractivity contribution < 1.29 is 9.84 Å². The van der Waals surface area contributed by atoms with E-state index in [0.29, 0.717) is 17.4 Å². The Hall–Kier alpha value is -4.08. The molecule has 4 N–H and O–H groups in total. The predicted octanol–water partition coefficient (Wildman–Crippen LogP) is 3.96. The molecule has 4 rings (SSSR count). The predicted molar refractivity (Wildman–Crippen MR) is 147 cm³/mol. The van der Waals surface area contributed by atoms with Gasteiger partial charge in [-0.05, 0) is 31.3 Å². The molecular formula is C27H33N7O2. The number of benzene rings is 2. The van der Waals surface area contributed by atoms with E-state index in [4.69, 9.17) is 9.72 Å². The summed E-state index contributed by atoms with van der Waals surface area (Å²) in [7, 11) is 7.55. The molecule has 0 saturated heterocycles.